The van der Waals surface area contributed by atoms with E-state index in [1.165, 1.54) is 182 Å². The fourth-order valence-corrected chi connectivity index (χ4v) is 17.3. The van der Waals surface area contributed by atoms with Crippen LogP contribution >= 0.6 is 0 Å². The van der Waals surface area contributed by atoms with Gasteiger partial charge in [0.25, 0.3) is 6.71 Å². The molecule has 87 heavy (non-hydrogen) atoms. The van der Waals surface area contributed by atoms with E-state index in [1.807, 2.05) is 0 Å². The lowest BCUT2D eigenvalue weighted by Crippen LogP contribution is -2.60. The van der Waals surface area contributed by atoms with Crippen molar-refractivity contribution in [3.8, 4) is 22.5 Å². The van der Waals surface area contributed by atoms with Crippen LogP contribution in [0.15, 0.2) is 127 Å². The third-order valence-corrected chi connectivity index (χ3v) is 21.9. The predicted molar refractivity (Wildman–Crippen MR) is 376 cm³/mol. The largest absolute Gasteiger partial charge is 0.310 e. The van der Waals surface area contributed by atoms with Gasteiger partial charge in [-0.2, -0.15) is 0 Å². The molecule has 434 valence electrons. The minimum atomic E-state index is -0.644. The summed E-state index contributed by atoms with van der Waals surface area (Å²) in [5.41, 5.74) is 33.1. The quantitative estimate of drug-likeness (QED) is 0.134. The Morgan fingerprint density at radius 2 is 0.816 bits per heavy atom. The van der Waals surface area contributed by atoms with Crippen molar-refractivity contribution in [2.75, 3.05) is 0 Å². The number of benzene rings is 9. The molecule has 0 radical (unpaired) electrons. The first kappa shape index (κ1) is 53.7. The Balaban J connectivity index is 1.14. The highest BCUT2D eigenvalue weighted by atomic mass is 15.1. The van der Waals surface area contributed by atoms with Gasteiger partial charge in [0.1, 0.15) is 0 Å². The predicted octanol–water partition coefficient (Wildman–Crippen LogP) is 19.9. The molecule has 0 fully saturated rings. The average Bonchev–Trinajstić information content (AvgIpc) is 1.54. The number of aromatic nitrogens is 3. The lowest BCUT2D eigenvalue weighted by atomic mass is 9.33. The molecule has 1 aliphatic carbocycles. The molecule has 1 spiro atoms. The third-order valence-electron chi connectivity index (χ3n) is 21.9. The maximum Gasteiger partial charge on any atom is 0.252 e. The summed E-state index contributed by atoms with van der Waals surface area (Å²) < 4.78 is 8.35. The summed E-state index contributed by atoms with van der Waals surface area (Å²) in [5, 5.41) is 10.9. The highest BCUT2D eigenvalue weighted by molar-refractivity contribution is 7.00. The maximum atomic E-state index is 2.84. The zero-order valence-corrected chi connectivity index (χ0v) is 55.5. The molecule has 3 aliphatic heterocycles. The Morgan fingerprint density at radius 1 is 0.322 bits per heavy atom. The van der Waals surface area contributed by atoms with E-state index in [-0.39, 0.29) is 44.6 Å². The van der Waals surface area contributed by atoms with Crippen molar-refractivity contribution in [2.45, 2.75) is 189 Å². The van der Waals surface area contributed by atoms with Crippen LogP contribution in [0.5, 0.6) is 0 Å². The summed E-state index contributed by atoms with van der Waals surface area (Å²) in [6.07, 6.45) is 0. The van der Waals surface area contributed by atoms with Crippen molar-refractivity contribution >= 4 is 105 Å². The zero-order chi connectivity index (χ0) is 61.2. The van der Waals surface area contributed by atoms with Crippen LogP contribution in [0.25, 0.3) is 104 Å². The Labute approximate surface area is 515 Å². The van der Waals surface area contributed by atoms with E-state index in [0.29, 0.717) is 0 Å². The minimum absolute atomic E-state index is 0.0516. The molecule has 9 aromatic carbocycles. The normalized spacial score (nSPS) is 15.5. The fraction of sp³-hybridized carbons (Fsp3) is 0.349. The number of rotatable bonds is 0. The summed E-state index contributed by atoms with van der Waals surface area (Å²) in [6, 6.07) is 53.6. The van der Waals surface area contributed by atoms with Crippen LogP contribution in [0.3, 0.4) is 0 Å². The first-order chi connectivity index (χ1) is 40.6. The highest BCUT2D eigenvalue weighted by Gasteiger charge is 2.56. The highest BCUT2D eigenvalue weighted by Crippen LogP contribution is 2.63. The second-order valence-electron chi connectivity index (χ2n) is 34.7. The van der Waals surface area contributed by atoms with Crippen LogP contribution in [0.1, 0.15) is 207 Å². The van der Waals surface area contributed by atoms with Gasteiger partial charge >= 0.3 is 0 Å². The molecular weight excluding hydrogens is 1050 g/mol. The summed E-state index contributed by atoms with van der Waals surface area (Å²) >= 11 is 0. The molecule has 0 N–H and O–H groups in total. The van der Waals surface area contributed by atoms with Crippen LogP contribution in [0, 0.1) is 0 Å². The van der Waals surface area contributed by atoms with Crippen LogP contribution < -0.4 is 16.4 Å². The standard InChI is InChI=1S/C83H84BN3/c1-76(2,3)43-25-28-49-50-29-26-44(77(4,5)6)36-58(50)83(57(49)35-43)56-31-32-63-70-74(56)87-72-54(33-46(38-60(72)83)79(10,11)12)55-34-47(80(13,14)15)39-61(73(55)87)84(70)62-42-66-68(69-51-30-27-45(78(7,8)9)40-64(51)85(63)75(62)69)53-24-22-23-52-67-59(82(19,20)21)37-48(81(16,17)18)41-65(67)86(66)71(52)53/h22-42H,1-21H3. The lowest BCUT2D eigenvalue weighted by Gasteiger charge is -2.45. The Hall–Kier alpha value is -7.56. The Kier molecular flexibility index (Phi) is 9.76. The zero-order valence-electron chi connectivity index (χ0n) is 55.5. The lowest BCUT2D eigenvalue weighted by molar-refractivity contribution is 0.573. The smallest absolute Gasteiger partial charge is 0.252 e. The van der Waals surface area contributed by atoms with E-state index in [9.17, 15) is 0 Å². The second kappa shape index (κ2) is 15.8. The third kappa shape index (κ3) is 6.56. The van der Waals surface area contributed by atoms with Crippen LogP contribution in [-0.2, 0) is 43.3 Å². The van der Waals surface area contributed by atoms with E-state index in [4.69, 9.17) is 0 Å². The molecule has 13 aromatic rings. The van der Waals surface area contributed by atoms with Gasteiger partial charge in [-0.25, -0.2) is 0 Å². The first-order valence-electron chi connectivity index (χ1n) is 32.5. The van der Waals surface area contributed by atoms with Gasteiger partial charge in [0, 0.05) is 60.0 Å². The van der Waals surface area contributed by atoms with Gasteiger partial charge < -0.3 is 13.5 Å². The van der Waals surface area contributed by atoms with Gasteiger partial charge in [-0.05, 0) is 163 Å². The summed E-state index contributed by atoms with van der Waals surface area (Å²) in [6.45, 7) is 50.4. The molecule has 17 rings (SSSR count). The summed E-state index contributed by atoms with van der Waals surface area (Å²) in [5.74, 6) is 0. The molecule has 0 atom stereocenters. The van der Waals surface area contributed by atoms with Gasteiger partial charge in [-0.1, -0.05) is 236 Å². The average molecular weight is 1130 g/mol. The number of hydrogen-bond donors (Lipinski definition) is 0. The number of para-hydroxylation sites is 1. The fourth-order valence-electron chi connectivity index (χ4n) is 17.3. The molecule has 0 unspecified atom stereocenters. The molecule has 4 aliphatic rings. The number of fused-ring (bicyclic) bond motifs is 21. The molecule has 4 heteroatoms. The number of nitrogens with zero attached hydrogens (tertiary/aromatic N) is 3. The van der Waals surface area contributed by atoms with E-state index < -0.39 is 5.41 Å². The first-order valence-corrected chi connectivity index (χ1v) is 32.5. The van der Waals surface area contributed by atoms with Crippen molar-refractivity contribution in [1.29, 1.82) is 0 Å². The van der Waals surface area contributed by atoms with E-state index in [1.54, 1.807) is 0 Å². The molecular formula is C83H84BN3. The van der Waals surface area contributed by atoms with Gasteiger partial charge in [-0.15, -0.1) is 0 Å². The van der Waals surface area contributed by atoms with E-state index >= 15 is 0 Å². The van der Waals surface area contributed by atoms with Gasteiger partial charge in [-0.3, -0.25) is 0 Å². The monoisotopic (exact) mass is 1130 g/mol. The van der Waals surface area contributed by atoms with Crippen LogP contribution in [-0.4, -0.2) is 20.2 Å². The second-order valence-corrected chi connectivity index (χ2v) is 34.7. The molecule has 4 aromatic heterocycles. The molecule has 0 saturated carbocycles. The van der Waals surface area contributed by atoms with Gasteiger partial charge in [0.05, 0.1) is 38.5 Å². The summed E-state index contributed by atoms with van der Waals surface area (Å²) in [7, 11) is 0. The van der Waals surface area contributed by atoms with Crippen molar-refractivity contribution in [2.24, 2.45) is 0 Å². The maximum absolute atomic E-state index is 2.84. The topological polar surface area (TPSA) is 14.3 Å². The SMILES string of the molecule is CC(C)(C)c1ccc2c(c1)C1(c3cc(C(C)(C)C)ccc3-2)c2ccc3c4c2-n2c5c(cc(C(C)(C)C)cc5c5cc(C(C)(C)C)cc1c52)B4c1cc2c(c4cccc5c6c(C(C)(C)C)cc(C(C)(C)C)cc6n2c54)c2c4ccc(C(C)(C)C)cc4n-3c12. The molecule has 0 bridgehead atoms. The van der Waals surface area contributed by atoms with E-state index in [0.717, 1.165) is 0 Å². The Morgan fingerprint density at radius 3 is 1.40 bits per heavy atom. The molecule has 3 nitrogen and oxygen atoms in total. The van der Waals surface area contributed by atoms with Gasteiger partial charge in [0.2, 0.25) is 0 Å². The number of hydrogen-bond acceptors (Lipinski definition) is 0. The minimum Gasteiger partial charge on any atom is -0.310 e. The van der Waals surface area contributed by atoms with Crippen molar-refractivity contribution in [3.63, 3.8) is 0 Å². The van der Waals surface area contributed by atoms with E-state index in [2.05, 4.69) is 286 Å². The van der Waals surface area contributed by atoms with Crippen molar-refractivity contribution in [3.05, 3.63) is 189 Å². The molecule has 0 saturated heterocycles. The molecule has 7 heterocycles. The molecule has 0 amide bonds. The van der Waals surface area contributed by atoms with Gasteiger partial charge in [0.15, 0.2) is 0 Å². The van der Waals surface area contributed by atoms with Crippen LogP contribution in [0.2, 0.25) is 0 Å². The summed E-state index contributed by atoms with van der Waals surface area (Å²) in [4.78, 5) is 0. The van der Waals surface area contributed by atoms with Crippen molar-refractivity contribution < 1.29 is 0 Å². The van der Waals surface area contributed by atoms with Crippen LogP contribution in [0.4, 0.5) is 0 Å². The Bertz CT molecular complexity index is 5290. The van der Waals surface area contributed by atoms with Crippen molar-refractivity contribution in [1.82, 2.24) is 13.5 Å².